The van der Waals surface area contributed by atoms with Crippen molar-refractivity contribution in [2.75, 3.05) is 25.5 Å². The number of likely N-dealkylation sites (N-methyl/N-ethyl adjacent to an activating group) is 1. The van der Waals surface area contributed by atoms with E-state index in [9.17, 15) is 19.2 Å². The second-order valence-electron chi connectivity index (χ2n) is 7.50. The summed E-state index contributed by atoms with van der Waals surface area (Å²) in [5.74, 6) is -2.30. The van der Waals surface area contributed by atoms with Gasteiger partial charge in [0.1, 0.15) is 12.1 Å². The highest BCUT2D eigenvalue weighted by molar-refractivity contribution is 5.94. The van der Waals surface area contributed by atoms with E-state index in [0.29, 0.717) is 31.4 Å². The van der Waals surface area contributed by atoms with Crippen LogP contribution in [-0.2, 0) is 14.4 Å². The molecule has 2 atom stereocenters. The Morgan fingerprint density at radius 1 is 1.00 bits per heavy atom. The van der Waals surface area contributed by atoms with E-state index in [4.69, 9.17) is 10.8 Å². The van der Waals surface area contributed by atoms with Crippen LogP contribution < -0.4 is 27.0 Å². The average molecular weight is 450 g/mol. The fourth-order valence-corrected chi connectivity index (χ4v) is 3.01. The molecule has 0 saturated carbocycles. The quantitative estimate of drug-likeness (QED) is 0.204. The van der Waals surface area contributed by atoms with Crippen LogP contribution in [0.25, 0.3) is 0 Å². The molecular formula is C22H35N5O5. The van der Waals surface area contributed by atoms with Crippen LogP contribution in [0.4, 0.5) is 5.69 Å². The summed E-state index contributed by atoms with van der Waals surface area (Å²) in [6.45, 7) is 3.38. The Hall–Kier alpha value is -3.14. The van der Waals surface area contributed by atoms with Crippen molar-refractivity contribution in [1.82, 2.24) is 16.0 Å². The number of hydrogen-bond donors (Lipinski definition) is 6. The average Bonchev–Trinajstić information content (AvgIpc) is 2.76. The van der Waals surface area contributed by atoms with Crippen molar-refractivity contribution < 1.29 is 24.3 Å². The van der Waals surface area contributed by atoms with Gasteiger partial charge in [0.25, 0.3) is 5.91 Å². The minimum atomic E-state index is -1.04. The van der Waals surface area contributed by atoms with E-state index >= 15 is 0 Å². The van der Waals surface area contributed by atoms with Gasteiger partial charge in [-0.15, -0.1) is 0 Å². The van der Waals surface area contributed by atoms with Crippen LogP contribution in [0.3, 0.4) is 0 Å². The molecule has 0 radical (unpaired) electrons. The minimum Gasteiger partial charge on any atom is -0.480 e. The summed E-state index contributed by atoms with van der Waals surface area (Å²) in [6, 6.07) is 5.57. The van der Waals surface area contributed by atoms with E-state index in [1.54, 1.807) is 12.1 Å². The van der Waals surface area contributed by atoms with Gasteiger partial charge in [-0.1, -0.05) is 6.92 Å². The second kappa shape index (κ2) is 14.8. The number of amides is 3. The van der Waals surface area contributed by atoms with Gasteiger partial charge in [0.15, 0.2) is 0 Å². The fraction of sp³-hybridized carbons (Fsp3) is 0.545. The smallest absolute Gasteiger partial charge is 0.320 e. The molecule has 0 aromatic heterocycles. The predicted octanol–water partition coefficient (Wildman–Crippen LogP) is 0.832. The number of anilines is 1. The molecule has 7 N–H and O–H groups in total. The molecule has 3 amide bonds. The lowest BCUT2D eigenvalue weighted by Gasteiger charge is -2.16. The lowest BCUT2D eigenvalue weighted by molar-refractivity contribution is -0.139. The molecule has 0 fully saturated rings. The van der Waals surface area contributed by atoms with Gasteiger partial charge in [-0.2, -0.15) is 0 Å². The number of carboxylic acids is 1. The molecule has 10 nitrogen and oxygen atoms in total. The molecule has 1 unspecified atom stereocenters. The van der Waals surface area contributed by atoms with Gasteiger partial charge in [-0.05, 0) is 63.4 Å². The van der Waals surface area contributed by atoms with Crippen LogP contribution in [0, 0.1) is 0 Å². The van der Waals surface area contributed by atoms with Crippen molar-refractivity contribution in [3.63, 3.8) is 0 Å². The number of carbonyl (C=O) groups is 4. The zero-order chi connectivity index (χ0) is 23.9. The van der Waals surface area contributed by atoms with Crippen LogP contribution in [0.15, 0.2) is 24.3 Å². The number of nitrogens with two attached hydrogens (primary N) is 1. The summed E-state index contributed by atoms with van der Waals surface area (Å²) >= 11 is 0. The molecule has 178 valence electrons. The first-order chi connectivity index (χ1) is 15.3. The van der Waals surface area contributed by atoms with E-state index in [2.05, 4.69) is 28.2 Å². The zero-order valence-electron chi connectivity index (χ0n) is 18.8. The number of rotatable bonds is 16. The predicted molar refractivity (Wildman–Crippen MR) is 122 cm³/mol. The third-order valence-corrected chi connectivity index (χ3v) is 4.92. The van der Waals surface area contributed by atoms with Crippen molar-refractivity contribution in [2.24, 2.45) is 5.73 Å². The van der Waals surface area contributed by atoms with Crippen LogP contribution >= 0.6 is 0 Å². The second-order valence-corrected chi connectivity index (χ2v) is 7.50. The lowest BCUT2D eigenvalue weighted by Crippen LogP contribution is -2.45. The SMILES string of the molecule is CCCNc1ccc(C(=O)NCCCC[C@H](NC(=O)CCC(NC)C(=O)O)C(N)=O)cc1. The Morgan fingerprint density at radius 3 is 2.25 bits per heavy atom. The van der Waals surface area contributed by atoms with Gasteiger partial charge in [-0.3, -0.25) is 19.2 Å². The van der Waals surface area contributed by atoms with E-state index in [1.165, 1.54) is 7.05 Å². The number of carboxylic acid groups (broad SMARTS) is 1. The summed E-state index contributed by atoms with van der Waals surface area (Å²) in [4.78, 5) is 46.8. The number of hydrogen-bond acceptors (Lipinski definition) is 6. The van der Waals surface area contributed by atoms with Crippen LogP contribution in [0.5, 0.6) is 0 Å². The van der Waals surface area contributed by atoms with Crippen LogP contribution in [-0.4, -0.2) is 61.0 Å². The molecule has 0 aliphatic carbocycles. The maximum Gasteiger partial charge on any atom is 0.320 e. The summed E-state index contributed by atoms with van der Waals surface area (Å²) in [7, 11) is 1.50. The third-order valence-electron chi connectivity index (χ3n) is 4.92. The Morgan fingerprint density at radius 2 is 1.69 bits per heavy atom. The van der Waals surface area contributed by atoms with Crippen molar-refractivity contribution in [1.29, 1.82) is 0 Å². The molecule has 0 heterocycles. The molecule has 0 spiro atoms. The highest BCUT2D eigenvalue weighted by Gasteiger charge is 2.20. The summed E-state index contributed by atoms with van der Waals surface area (Å²) in [5.41, 5.74) is 6.89. The highest BCUT2D eigenvalue weighted by Crippen LogP contribution is 2.10. The van der Waals surface area contributed by atoms with E-state index in [-0.39, 0.29) is 18.7 Å². The first-order valence-corrected chi connectivity index (χ1v) is 10.9. The standard InChI is InChI=1S/C22H35N5O5/c1-3-13-25-16-9-7-15(8-10-16)21(30)26-14-5-4-6-17(20(23)29)27-19(28)12-11-18(24-2)22(31)32/h7-10,17-18,24-25H,3-6,11-14H2,1-2H3,(H2,23,29)(H,26,30)(H,27,28)(H,31,32)/t17-,18?/m0/s1. The number of carbonyl (C=O) groups excluding carboxylic acids is 3. The molecule has 0 bridgehead atoms. The Balaban J connectivity index is 2.33. The normalized spacial score (nSPS) is 12.4. The highest BCUT2D eigenvalue weighted by atomic mass is 16.4. The summed E-state index contributed by atoms with van der Waals surface area (Å²) < 4.78 is 0. The maximum atomic E-state index is 12.2. The Bertz CT molecular complexity index is 754. The molecule has 0 aliphatic rings. The van der Waals surface area contributed by atoms with E-state index in [0.717, 1.165) is 18.7 Å². The molecule has 10 heteroatoms. The number of primary amides is 1. The van der Waals surface area contributed by atoms with Crippen molar-refractivity contribution >= 4 is 29.4 Å². The number of aliphatic carboxylic acids is 1. The van der Waals surface area contributed by atoms with Crippen LogP contribution in [0.1, 0.15) is 55.8 Å². The maximum absolute atomic E-state index is 12.2. The Labute approximate surface area is 188 Å². The number of benzene rings is 1. The van der Waals surface area contributed by atoms with Gasteiger partial charge in [0.2, 0.25) is 11.8 Å². The molecule has 1 rings (SSSR count). The fourth-order valence-electron chi connectivity index (χ4n) is 3.01. The summed E-state index contributed by atoms with van der Waals surface area (Å²) in [6.07, 6.45) is 2.60. The van der Waals surface area contributed by atoms with E-state index < -0.39 is 29.9 Å². The number of unbranched alkanes of at least 4 members (excludes halogenated alkanes) is 1. The molecule has 0 saturated heterocycles. The Kier molecular flexibility index (Phi) is 12.4. The number of nitrogens with one attached hydrogen (secondary N) is 4. The molecule has 32 heavy (non-hydrogen) atoms. The monoisotopic (exact) mass is 449 g/mol. The molecule has 1 aromatic carbocycles. The topological polar surface area (TPSA) is 163 Å². The molecular weight excluding hydrogens is 414 g/mol. The summed E-state index contributed by atoms with van der Waals surface area (Å²) in [5, 5.41) is 20.2. The first kappa shape index (κ1) is 26.9. The minimum absolute atomic E-state index is 0.0373. The van der Waals surface area contributed by atoms with Gasteiger partial charge in [-0.25, -0.2) is 0 Å². The van der Waals surface area contributed by atoms with Crippen LogP contribution in [0.2, 0.25) is 0 Å². The zero-order valence-corrected chi connectivity index (χ0v) is 18.8. The van der Waals surface area contributed by atoms with E-state index in [1.807, 2.05) is 12.1 Å². The van der Waals surface area contributed by atoms with Gasteiger partial charge < -0.3 is 32.1 Å². The van der Waals surface area contributed by atoms with Crippen molar-refractivity contribution in [2.45, 2.75) is 57.5 Å². The largest absolute Gasteiger partial charge is 0.480 e. The molecule has 1 aromatic rings. The first-order valence-electron chi connectivity index (χ1n) is 10.9. The molecule has 0 aliphatic heterocycles. The third kappa shape index (κ3) is 10.3. The van der Waals surface area contributed by atoms with Gasteiger partial charge >= 0.3 is 5.97 Å². The lowest BCUT2D eigenvalue weighted by atomic mass is 10.1. The van der Waals surface area contributed by atoms with Crippen molar-refractivity contribution in [3.05, 3.63) is 29.8 Å². The van der Waals surface area contributed by atoms with Gasteiger partial charge in [0.05, 0.1) is 0 Å². The van der Waals surface area contributed by atoms with Gasteiger partial charge in [0, 0.05) is 30.8 Å². The van der Waals surface area contributed by atoms with Crippen molar-refractivity contribution in [3.8, 4) is 0 Å².